The van der Waals surface area contributed by atoms with Gasteiger partial charge in [-0.25, -0.2) is 4.98 Å². The van der Waals surface area contributed by atoms with Gasteiger partial charge < -0.3 is 10.6 Å². The molecule has 2 N–H and O–H groups in total. The molecule has 1 atom stereocenters. The topological polar surface area (TPSA) is 46.6 Å². The number of nitrogens with two attached hydrogens (primary N) is 1. The molecule has 2 aromatic rings. The smallest absolute Gasteiger partial charge is 0.138 e. The molecule has 0 saturated heterocycles. The predicted octanol–water partition coefficient (Wildman–Crippen LogP) is 0.901. The van der Waals surface area contributed by atoms with Gasteiger partial charge in [-0.3, -0.25) is 4.40 Å². The first kappa shape index (κ1) is 9.66. The van der Waals surface area contributed by atoms with Crippen LogP contribution in [0.15, 0.2) is 24.4 Å². The van der Waals surface area contributed by atoms with Gasteiger partial charge in [0.05, 0.1) is 5.69 Å². The maximum Gasteiger partial charge on any atom is 0.138 e. The molecule has 2 aromatic heterocycles. The fraction of sp³-hybridized carbons (Fsp3) is 0.417. The van der Waals surface area contributed by atoms with Crippen molar-refractivity contribution in [1.82, 2.24) is 9.38 Å². The molecule has 0 saturated carbocycles. The van der Waals surface area contributed by atoms with Crippen molar-refractivity contribution in [2.45, 2.75) is 6.42 Å². The monoisotopic (exact) mass is 216 g/mol. The van der Waals surface area contributed by atoms with E-state index in [-0.39, 0.29) is 0 Å². The third-order valence-electron chi connectivity index (χ3n) is 3.28. The number of anilines is 1. The molecule has 0 radical (unpaired) electrons. The molecule has 4 heteroatoms. The Balaban J connectivity index is 2.17. The lowest BCUT2D eigenvalue weighted by molar-refractivity contribution is 0.506. The highest BCUT2D eigenvalue weighted by molar-refractivity contribution is 5.57. The van der Waals surface area contributed by atoms with E-state index in [1.165, 1.54) is 11.5 Å². The molecular formula is C12H16N4. The van der Waals surface area contributed by atoms with Crippen molar-refractivity contribution in [3.63, 3.8) is 0 Å². The molecule has 1 aliphatic rings. The number of aromatic nitrogens is 2. The summed E-state index contributed by atoms with van der Waals surface area (Å²) in [6.07, 6.45) is 3.07. The molecule has 0 aromatic carbocycles. The van der Waals surface area contributed by atoms with E-state index in [2.05, 4.69) is 27.5 Å². The third-order valence-corrected chi connectivity index (χ3v) is 3.28. The number of rotatable bonds is 1. The maximum atomic E-state index is 5.76. The minimum atomic E-state index is 0.530. The van der Waals surface area contributed by atoms with Crippen molar-refractivity contribution in [1.29, 1.82) is 0 Å². The summed E-state index contributed by atoms with van der Waals surface area (Å²) in [5, 5.41) is 0. The van der Waals surface area contributed by atoms with Crippen LogP contribution in [0.25, 0.3) is 5.65 Å². The maximum absolute atomic E-state index is 5.76. The zero-order valence-electron chi connectivity index (χ0n) is 9.43. The first-order valence-corrected chi connectivity index (χ1v) is 5.66. The van der Waals surface area contributed by atoms with Gasteiger partial charge in [-0.1, -0.05) is 6.07 Å². The highest BCUT2D eigenvalue weighted by atomic mass is 15.2. The molecule has 0 bridgehead atoms. The van der Waals surface area contributed by atoms with Crippen molar-refractivity contribution < 1.29 is 0 Å². The van der Waals surface area contributed by atoms with Crippen LogP contribution in [-0.4, -0.2) is 29.5 Å². The Morgan fingerprint density at radius 1 is 1.50 bits per heavy atom. The van der Waals surface area contributed by atoms with E-state index in [0.29, 0.717) is 5.92 Å². The van der Waals surface area contributed by atoms with E-state index < -0.39 is 0 Å². The normalized spacial score (nSPS) is 20.1. The van der Waals surface area contributed by atoms with Crippen LogP contribution in [0.3, 0.4) is 0 Å². The standard InChI is InChI=1S/C12H16N4/c1-15-8-9(7-13)6-10-12(15)16-5-3-2-4-11(16)14-10/h2-5,9H,6-8,13H2,1H3. The molecule has 4 nitrogen and oxygen atoms in total. The summed E-state index contributed by atoms with van der Waals surface area (Å²) in [5.41, 5.74) is 7.96. The SMILES string of the molecule is CN1CC(CN)Cc2nc3ccccn3c21. The quantitative estimate of drug-likeness (QED) is 0.770. The van der Waals surface area contributed by atoms with Crippen molar-refractivity contribution in [3.8, 4) is 0 Å². The van der Waals surface area contributed by atoms with Gasteiger partial charge >= 0.3 is 0 Å². The highest BCUT2D eigenvalue weighted by Crippen LogP contribution is 2.28. The molecule has 0 spiro atoms. The van der Waals surface area contributed by atoms with Gasteiger partial charge in [0.1, 0.15) is 11.5 Å². The van der Waals surface area contributed by atoms with Gasteiger partial charge in [0, 0.05) is 19.8 Å². The second-order valence-electron chi connectivity index (χ2n) is 4.50. The molecule has 1 unspecified atom stereocenters. The lowest BCUT2D eigenvalue weighted by atomic mass is 9.99. The van der Waals surface area contributed by atoms with Crippen LogP contribution < -0.4 is 10.6 Å². The van der Waals surface area contributed by atoms with Crippen LogP contribution in [0.5, 0.6) is 0 Å². The van der Waals surface area contributed by atoms with E-state index in [1.807, 2.05) is 18.2 Å². The summed E-state index contributed by atoms with van der Waals surface area (Å²) >= 11 is 0. The van der Waals surface area contributed by atoms with Crippen molar-refractivity contribution >= 4 is 11.5 Å². The summed E-state index contributed by atoms with van der Waals surface area (Å²) in [6, 6.07) is 6.11. The van der Waals surface area contributed by atoms with Gasteiger partial charge in [0.2, 0.25) is 0 Å². The van der Waals surface area contributed by atoms with Gasteiger partial charge in [0.15, 0.2) is 0 Å². The molecule has 1 aliphatic heterocycles. The third kappa shape index (κ3) is 1.30. The molecule has 3 heterocycles. The van der Waals surface area contributed by atoms with Crippen LogP contribution in [0.1, 0.15) is 5.69 Å². The average Bonchev–Trinajstić information content (AvgIpc) is 2.67. The van der Waals surface area contributed by atoms with E-state index in [9.17, 15) is 0 Å². The summed E-state index contributed by atoms with van der Waals surface area (Å²) in [7, 11) is 2.11. The Kier molecular flexibility index (Phi) is 2.11. The summed E-state index contributed by atoms with van der Waals surface area (Å²) in [5.74, 6) is 1.75. The lowest BCUT2D eigenvalue weighted by Crippen LogP contribution is -2.36. The Morgan fingerprint density at radius 3 is 3.19 bits per heavy atom. The van der Waals surface area contributed by atoms with E-state index >= 15 is 0 Å². The Labute approximate surface area is 94.7 Å². The van der Waals surface area contributed by atoms with Crippen molar-refractivity contribution in [2.24, 2.45) is 11.7 Å². The zero-order chi connectivity index (χ0) is 11.1. The Hall–Kier alpha value is -1.55. The van der Waals surface area contributed by atoms with Gasteiger partial charge in [-0.2, -0.15) is 0 Å². The molecule has 3 rings (SSSR count). The first-order chi connectivity index (χ1) is 7.79. The van der Waals surface area contributed by atoms with Crippen molar-refractivity contribution in [2.75, 3.05) is 25.0 Å². The fourth-order valence-corrected chi connectivity index (χ4v) is 2.54. The second-order valence-corrected chi connectivity index (χ2v) is 4.50. The zero-order valence-corrected chi connectivity index (χ0v) is 9.43. The summed E-state index contributed by atoms with van der Waals surface area (Å²) < 4.78 is 2.15. The van der Waals surface area contributed by atoms with E-state index in [0.717, 1.165) is 25.2 Å². The van der Waals surface area contributed by atoms with Gasteiger partial charge in [-0.15, -0.1) is 0 Å². The fourth-order valence-electron chi connectivity index (χ4n) is 2.54. The second kappa shape index (κ2) is 3.49. The first-order valence-electron chi connectivity index (χ1n) is 5.66. The predicted molar refractivity (Wildman–Crippen MR) is 64.7 cm³/mol. The molecule has 84 valence electrons. The molecule has 0 fully saturated rings. The van der Waals surface area contributed by atoms with Crippen molar-refractivity contribution in [3.05, 3.63) is 30.1 Å². The number of imidazole rings is 1. The van der Waals surface area contributed by atoms with Crippen LogP contribution in [0.4, 0.5) is 5.82 Å². The van der Waals surface area contributed by atoms with E-state index in [4.69, 9.17) is 5.73 Å². The van der Waals surface area contributed by atoms with Gasteiger partial charge in [-0.05, 0) is 31.0 Å². The number of hydrogen-bond donors (Lipinski definition) is 1. The van der Waals surface area contributed by atoms with Gasteiger partial charge in [0.25, 0.3) is 0 Å². The van der Waals surface area contributed by atoms with Crippen LogP contribution in [-0.2, 0) is 6.42 Å². The minimum absolute atomic E-state index is 0.530. The number of nitrogens with zero attached hydrogens (tertiary/aromatic N) is 3. The number of pyridine rings is 1. The Morgan fingerprint density at radius 2 is 2.38 bits per heavy atom. The number of hydrogen-bond acceptors (Lipinski definition) is 3. The number of fused-ring (bicyclic) bond motifs is 3. The van der Waals surface area contributed by atoms with Crippen LogP contribution >= 0.6 is 0 Å². The van der Waals surface area contributed by atoms with Crippen LogP contribution in [0, 0.1) is 5.92 Å². The highest BCUT2D eigenvalue weighted by Gasteiger charge is 2.25. The lowest BCUT2D eigenvalue weighted by Gasteiger charge is -2.30. The van der Waals surface area contributed by atoms with E-state index in [1.54, 1.807) is 0 Å². The summed E-state index contributed by atoms with van der Waals surface area (Å²) in [4.78, 5) is 6.93. The minimum Gasteiger partial charge on any atom is -0.359 e. The molecule has 0 amide bonds. The summed E-state index contributed by atoms with van der Waals surface area (Å²) in [6.45, 7) is 1.75. The average molecular weight is 216 g/mol. The Bertz CT molecular complexity index is 517. The molecule has 0 aliphatic carbocycles. The largest absolute Gasteiger partial charge is 0.359 e. The molecular weight excluding hydrogens is 200 g/mol. The molecule has 16 heavy (non-hydrogen) atoms. The van der Waals surface area contributed by atoms with Crippen LogP contribution in [0.2, 0.25) is 0 Å².